The predicted molar refractivity (Wildman–Crippen MR) is 94.8 cm³/mol. The summed E-state index contributed by atoms with van der Waals surface area (Å²) in [6.45, 7) is 2.83. The molecule has 1 aliphatic heterocycles. The fourth-order valence-electron chi connectivity index (χ4n) is 2.82. The molecule has 0 saturated carbocycles. The molecule has 116 valence electrons. The van der Waals surface area contributed by atoms with Crippen LogP contribution in [0.4, 0.5) is 0 Å². The summed E-state index contributed by atoms with van der Waals surface area (Å²) >= 11 is 9.48. The lowest BCUT2D eigenvalue weighted by Gasteiger charge is -2.26. The fourth-order valence-corrected chi connectivity index (χ4v) is 4.92. The van der Waals surface area contributed by atoms with Gasteiger partial charge in [-0.15, -0.1) is 23.1 Å². The number of hydrogen-bond donors (Lipinski definition) is 0. The summed E-state index contributed by atoms with van der Waals surface area (Å²) in [6, 6.07) is 12.1. The minimum absolute atomic E-state index is 0.125. The van der Waals surface area contributed by atoms with Crippen molar-refractivity contribution in [1.82, 2.24) is 4.90 Å². The molecule has 1 saturated heterocycles. The molecule has 3 rings (SSSR count). The number of thioether (sulfide) groups is 1. The molecule has 2 unspecified atom stereocenters. The highest BCUT2D eigenvalue weighted by Crippen LogP contribution is 2.37. The first-order valence-electron chi connectivity index (χ1n) is 7.42. The number of hydrogen-bond acceptors (Lipinski definition) is 3. The van der Waals surface area contributed by atoms with Gasteiger partial charge in [-0.3, -0.25) is 4.79 Å². The average Bonchev–Trinajstić information content (AvgIpc) is 3.19. The lowest BCUT2D eigenvalue weighted by Crippen LogP contribution is -2.35. The molecule has 0 aliphatic carbocycles. The number of rotatable bonds is 4. The number of carbonyl (C=O) groups is 1. The Hall–Kier alpha value is -0.970. The number of likely N-dealkylation sites (tertiary alicyclic amines) is 1. The quantitative estimate of drug-likeness (QED) is 0.701. The van der Waals surface area contributed by atoms with Crippen LogP contribution in [0.25, 0.3) is 0 Å². The molecule has 1 aromatic carbocycles. The SMILES string of the molecule is CC(Sc1ccccc1Cl)C(=O)N1CCCC1c1cccs1. The molecular weight excluding hydrogens is 334 g/mol. The standard InChI is InChI=1S/C17H18ClNOS2/c1-12(22-15-8-3-2-6-13(15)18)17(20)19-10-4-7-14(19)16-9-5-11-21-16/h2-3,5-6,8-9,11-12,14H,4,7,10H2,1H3. The number of carbonyl (C=O) groups excluding carboxylic acids is 1. The van der Waals surface area contributed by atoms with E-state index in [4.69, 9.17) is 11.6 Å². The van der Waals surface area contributed by atoms with Crippen LogP contribution in [-0.2, 0) is 4.79 Å². The van der Waals surface area contributed by atoms with E-state index in [0.29, 0.717) is 5.02 Å². The van der Waals surface area contributed by atoms with Gasteiger partial charge in [0.25, 0.3) is 0 Å². The van der Waals surface area contributed by atoms with Crippen molar-refractivity contribution in [3.05, 3.63) is 51.7 Å². The molecule has 0 radical (unpaired) electrons. The maximum Gasteiger partial charge on any atom is 0.236 e. The zero-order valence-electron chi connectivity index (χ0n) is 12.4. The minimum Gasteiger partial charge on any atom is -0.334 e. The van der Waals surface area contributed by atoms with Crippen LogP contribution in [0, 0.1) is 0 Å². The van der Waals surface area contributed by atoms with Crippen molar-refractivity contribution in [2.75, 3.05) is 6.54 Å². The van der Waals surface area contributed by atoms with Crippen molar-refractivity contribution >= 4 is 40.6 Å². The Labute approximate surface area is 144 Å². The summed E-state index contributed by atoms with van der Waals surface area (Å²) in [7, 11) is 0. The zero-order valence-corrected chi connectivity index (χ0v) is 14.8. The largest absolute Gasteiger partial charge is 0.334 e. The normalized spacial score (nSPS) is 19.4. The van der Waals surface area contributed by atoms with Crippen LogP contribution in [0.2, 0.25) is 5.02 Å². The molecule has 0 bridgehead atoms. The Balaban J connectivity index is 1.71. The van der Waals surface area contributed by atoms with Crippen molar-refractivity contribution in [3.8, 4) is 0 Å². The van der Waals surface area contributed by atoms with Gasteiger partial charge in [-0.1, -0.05) is 29.8 Å². The molecule has 22 heavy (non-hydrogen) atoms. The van der Waals surface area contributed by atoms with Gasteiger partial charge in [0.05, 0.1) is 16.3 Å². The Morgan fingerprint density at radius 1 is 1.36 bits per heavy atom. The minimum atomic E-state index is -0.125. The van der Waals surface area contributed by atoms with Crippen LogP contribution in [0.5, 0.6) is 0 Å². The second kappa shape index (κ2) is 7.07. The predicted octanol–water partition coefficient (Wildman–Crippen LogP) is 5.25. The van der Waals surface area contributed by atoms with E-state index >= 15 is 0 Å². The van der Waals surface area contributed by atoms with Crippen LogP contribution in [0.15, 0.2) is 46.7 Å². The summed E-state index contributed by atoms with van der Waals surface area (Å²) < 4.78 is 0. The first-order valence-corrected chi connectivity index (χ1v) is 9.55. The van der Waals surface area contributed by atoms with Crippen LogP contribution in [-0.4, -0.2) is 22.6 Å². The number of nitrogens with zero attached hydrogens (tertiary/aromatic N) is 1. The molecule has 0 spiro atoms. The second-order valence-electron chi connectivity index (χ2n) is 5.40. The van der Waals surface area contributed by atoms with E-state index in [-0.39, 0.29) is 17.2 Å². The highest BCUT2D eigenvalue weighted by molar-refractivity contribution is 8.00. The van der Waals surface area contributed by atoms with Crippen molar-refractivity contribution in [1.29, 1.82) is 0 Å². The molecule has 2 aromatic rings. The van der Waals surface area contributed by atoms with Crippen molar-refractivity contribution < 1.29 is 4.79 Å². The Morgan fingerprint density at radius 3 is 2.91 bits per heavy atom. The average molecular weight is 352 g/mol. The Morgan fingerprint density at radius 2 is 2.18 bits per heavy atom. The number of benzene rings is 1. The highest BCUT2D eigenvalue weighted by Gasteiger charge is 2.33. The topological polar surface area (TPSA) is 20.3 Å². The van der Waals surface area contributed by atoms with Gasteiger partial charge in [0.15, 0.2) is 0 Å². The molecule has 1 amide bonds. The maximum absolute atomic E-state index is 12.8. The van der Waals surface area contributed by atoms with Gasteiger partial charge < -0.3 is 4.90 Å². The van der Waals surface area contributed by atoms with E-state index in [1.807, 2.05) is 36.1 Å². The number of amides is 1. The monoisotopic (exact) mass is 351 g/mol. The molecule has 2 heterocycles. The van der Waals surface area contributed by atoms with E-state index in [1.165, 1.54) is 4.88 Å². The third-order valence-corrected chi connectivity index (χ3v) is 6.48. The van der Waals surface area contributed by atoms with E-state index in [1.54, 1.807) is 23.1 Å². The Bertz CT molecular complexity index is 644. The third kappa shape index (κ3) is 3.34. The smallest absolute Gasteiger partial charge is 0.236 e. The van der Waals surface area contributed by atoms with Crippen LogP contribution < -0.4 is 0 Å². The molecule has 1 aliphatic rings. The molecule has 2 nitrogen and oxygen atoms in total. The summed E-state index contributed by atoms with van der Waals surface area (Å²) in [5, 5.41) is 2.67. The van der Waals surface area contributed by atoms with Gasteiger partial charge in [-0.2, -0.15) is 0 Å². The first-order chi connectivity index (χ1) is 10.7. The summed E-state index contributed by atoms with van der Waals surface area (Å²) in [5.74, 6) is 0.209. The fraction of sp³-hybridized carbons (Fsp3) is 0.353. The summed E-state index contributed by atoms with van der Waals surface area (Å²) in [4.78, 5) is 17.1. The van der Waals surface area contributed by atoms with Gasteiger partial charge >= 0.3 is 0 Å². The van der Waals surface area contributed by atoms with Gasteiger partial charge in [0.1, 0.15) is 0 Å². The van der Waals surface area contributed by atoms with Crippen LogP contribution in [0.3, 0.4) is 0 Å². The van der Waals surface area contributed by atoms with E-state index in [9.17, 15) is 4.79 Å². The van der Waals surface area contributed by atoms with Gasteiger partial charge in [-0.05, 0) is 43.3 Å². The summed E-state index contributed by atoms with van der Waals surface area (Å²) in [6.07, 6.45) is 2.15. The van der Waals surface area contributed by atoms with Crippen molar-refractivity contribution in [3.63, 3.8) is 0 Å². The number of halogens is 1. The lowest BCUT2D eigenvalue weighted by molar-refractivity contribution is -0.131. The molecular formula is C17H18ClNOS2. The zero-order chi connectivity index (χ0) is 15.5. The molecule has 1 fully saturated rings. The molecule has 2 atom stereocenters. The second-order valence-corrected chi connectivity index (χ2v) is 8.16. The molecule has 1 aromatic heterocycles. The lowest BCUT2D eigenvalue weighted by atomic mass is 10.2. The highest BCUT2D eigenvalue weighted by atomic mass is 35.5. The van der Waals surface area contributed by atoms with E-state index in [2.05, 4.69) is 17.5 Å². The number of thiophene rings is 1. The van der Waals surface area contributed by atoms with Crippen molar-refractivity contribution in [2.24, 2.45) is 0 Å². The molecule has 5 heteroatoms. The van der Waals surface area contributed by atoms with Crippen LogP contribution >= 0.6 is 34.7 Å². The maximum atomic E-state index is 12.8. The molecule has 0 N–H and O–H groups in total. The van der Waals surface area contributed by atoms with E-state index < -0.39 is 0 Å². The van der Waals surface area contributed by atoms with Gasteiger partial charge in [0, 0.05) is 16.3 Å². The van der Waals surface area contributed by atoms with Gasteiger partial charge in [0.2, 0.25) is 5.91 Å². The summed E-state index contributed by atoms with van der Waals surface area (Å²) in [5.41, 5.74) is 0. The third-order valence-electron chi connectivity index (χ3n) is 3.90. The van der Waals surface area contributed by atoms with Gasteiger partial charge in [-0.25, -0.2) is 0 Å². The van der Waals surface area contributed by atoms with E-state index in [0.717, 1.165) is 24.3 Å². The van der Waals surface area contributed by atoms with Crippen molar-refractivity contribution in [2.45, 2.75) is 36.0 Å². The first kappa shape index (κ1) is 15.9. The van der Waals surface area contributed by atoms with Crippen LogP contribution in [0.1, 0.15) is 30.7 Å². The Kier molecular flexibility index (Phi) is 5.11.